The lowest BCUT2D eigenvalue weighted by Crippen LogP contribution is -2.25. The highest BCUT2D eigenvalue weighted by molar-refractivity contribution is 5.80. The Morgan fingerprint density at radius 3 is 2.32 bits per heavy atom. The van der Waals surface area contributed by atoms with Crippen molar-refractivity contribution < 1.29 is 4.79 Å². The van der Waals surface area contributed by atoms with E-state index in [-0.39, 0.29) is 5.78 Å². The minimum Gasteiger partial charge on any atom is -0.357 e. The van der Waals surface area contributed by atoms with E-state index < -0.39 is 0 Å². The highest BCUT2D eigenvalue weighted by Crippen LogP contribution is 2.28. The molecule has 0 aliphatic carbocycles. The van der Waals surface area contributed by atoms with Crippen LogP contribution >= 0.6 is 0 Å². The first-order valence-electron chi connectivity index (χ1n) is 12.1. The van der Waals surface area contributed by atoms with Crippen molar-refractivity contribution in [2.24, 2.45) is 5.92 Å². The highest BCUT2D eigenvalue weighted by atomic mass is 16.1. The van der Waals surface area contributed by atoms with Crippen molar-refractivity contribution in [3.8, 4) is 22.5 Å². The maximum absolute atomic E-state index is 13.2. The van der Waals surface area contributed by atoms with Crippen molar-refractivity contribution in [3.05, 3.63) is 91.1 Å². The molecule has 2 aromatic heterocycles. The molecule has 1 atom stereocenters. The molecule has 5 heteroatoms. The molecular formula is C29H30N4O. The smallest absolute Gasteiger partial charge is 0.154 e. The number of benzene rings is 2. The Balaban J connectivity index is 1.29. The zero-order valence-electron chi connectivity index (χ0n) is 19.4. The van der Waals surface area contributed by atoms with Crippen LogP contribution in [-0.2, 0) is 11.3 Å². The van der Waals surface area contributed by atoms with Gasteiger partial charge in [-0.1, -0.05) is 66.7 Å². The van der Waals surface area contributed by atoms with Crippen LogP contribution in [0.1, 0.15) is 25.7 Å². The minimum atomic E-state index is 0.246. The van der Waals surface area contributed by atoms with Crippen LogP contribution in [0, 0.1) is 5.92 Å². The van der Waals surface area contributed by atoms with Crippen LogP contribution in [0.15, 0.2) is 91.1 Å². The first kappa shape index (κ1) is 22.1. The summed E-state index contributed by atoms with van der Waals surface area (Å²) in [5, 5.41) is 4.84. The Morgan fingerprint density at radius 1 is 0.853 bits per heavy atom. The Labute approximate surface area is 201 Å². The molecule has 0 saturated carbocycles. The maximum Gasteiger partial charge on any atom is 0.154 e. The third kappa shape index (κ3) is 5.25. The largest absolute Gasteiger partial charge is 0.357 e. The number of carbonyl (C=O) groups is 1. The molecule has 1 unspecified atom stereocenters. The van der Waals surface area contributed by atoms with Crippen LogP contribution in [0.25, 0.3) is 22.5 Å². The molecule has 172 valence electrons. The van der Waals surface area contributed by atoms with E-state index >= 15 is 0 Å². The van der Waals surface area contributed by atoms with Gasteiger partial charge in [0.05, 0.1) is 11.4 Å². The monoisotopic (exact) mass is 450 g/mol. The third-order valence-electron chi connectivity index (χ3n) is 6.58. The second kappa shape index (κ2) is 10.5. The van der Waals surface area contributed by atoms with Gasteiger partial charge in [-0.2, -0.15) is 5.10 Å². The predicted octanol–water partition coefficient (Wildman–Crippen LogP) is 5.88. The summed E-state index contributed by atoms with van der Waals surface area (Å²) in [6.07, 6.45) is 5.63. The molecule has 2 aromatic carbocycles. The SMILES string of the molecule is O=C(CC1CCCN(c2ccccn2)CC1)Cn1nc(-c2ccccc2)cc1-c1ccccc1. The van der Waals surface area contributed by atoms with Crippen LogP contribution < -0.4 is 4.90 Å². The summed E-state index contributed by atoms with van der Waals surface area (Å²) in [5.74, 6) is 1.69. The van der Waals surface area contributed by atoms with Gasteiger partial charge in [-0.05, 0) is 48.9 Å². The van der Waals surface area contributed by atoms with E-state index in [1.54, 1.807) is 0 Å². The molecule has 1 aliphatic rings. The van der Waals surface area contributed by atoms with Gasteiger partial charge in [0.1, 0.15) is 12.4 Å². The summed E-state index contributed by atoms with van der Waals surface area (Å²) >= 11 is 0. The van der Waals surface area contributed by atoms with Crippen LogP contribution in [0.2, 0.25) is 0 Å². The lowest BCUT2D eigenvalue weighted by atomic mass is 9.94. The molecule has 1 saturated heterocycles. The normalized spacial score (nSPS) is 16.2. The van der Waals surface area contributed by atoms with Crippen molar-refractivity contribution in [2.75, 3.05) is 18.0 Å². The minimum absolute atomic E-state index is 0.246. The van der Waals surface area contributed by atoms with Crippen molar-refractivity contribution in [3.63, 3.8) is 0 Å². The fourth-order valence-electron chi connectivity index (χ4n) is 4.82. The molecule has 3 heterocycles. The summed E-state index contributed by atoms with van der Waals surface area (Å²) < 4.78 is 1.89. The number of hydrogen-bond donors (Lipinski definition) is 0. The molecule has 4 aromatic rings. The van der Waals surface area contributed by atoms with Gasteiger partial charge in [-0.25, -0.2) is 4.98 Å². The summed E-state index contributed by atoms with van der Waals surface area (Å²) in [6.45, 7) is 2.25. The van der Waals surface area contributed by atoms with Crippen molar-refractivity contribution in [1.82, 2.24) is 14.8 Å². The maximum atomic E-state index is 13.2. The summed E-state index contributed by atoms with van der Waals surface area (Å²) in [6, 6.07) is 28.5. The van der Waals surface area contributed by atoms with Crippen LogP contribution in [-0.4, -0.2) is 33.6 Å². The van der Waals surface area contributed by atoms with Crippen LogP contribution in [0.3, 0.4) is 0 Å². The number of anilines is 1. The Hall–Kier alpha value is -3.73. The van der Waals surface area contributed by atoms with Gasteiger partial charge in [0.2, 0.25) is 0 Å². The molecule has 0 spiro atoms. The number of carbonyl (C=O) groups excluding carboxylic acids is 1. The molecule has 5 nitrogen and oxygen atoms in total. The molecular weight excluding hydrogens is 420 g/mol. The molecule has 0 bridgehead atoms. The molecule has 0 amide bonds. The number of pyridine rings is 1. The van der Waals surface area contributed by atoms with Crippen molar-refractivity contribution in [1.29, 1.82) is 0 Å². The quantitative estimate of drug-likeness (QED) is 0.353. The highest BCUT2D eigenvalue weighted by Gasteiger charge is 2.21. The lowest BCUT2D eigenvalue weighted by molar-refractivity contribution is -0.120. The topological polar surface area (TPSA) is 51.0 Å². The Morgan fingerprint density at radius 2 is 1.59 bits per heavy atom. The first-order valence-corrected chi connectivity index (χ1v) is 12.1. The molecule has 0 N–H and O–H groups in total. The van der Waals surface area contributed by atoms with E-state index in [1.807, 2.05) is 59.4 Å². The van der Waals surface area contributed by atoms with Gasteiger partial charge in [0, 0.05) is 31.3 Å². The van der Waals surface area contributed by atoms with E-state index in [2.05, 4.69) is 46.3 Å². The van der Waals surface area contributed by atoms with E-state index in [1.165, 1.54) is 0 Å². The van der Waals surface area contributed by atoms with Crippen LogP contribution in [0.4, 0.5) is 5.82 Å². The third-order valence-corrected chi connectivity index (χ3v) is 6.58. The lowest BCUT2D eigenvalue weighted by Gasteiger charge is -2.21. The molecule has 1 fully saturated rings. The van der Waals surface area contributed by atoms with Gasteiger partial charge in [-0.15, -0.1) is 0 Å². The number of nitrogens with zero attached hydrogens (tertiary/aromatic N) is 4. The Bertz CT molecular complexity index is 1200. The fourth-order valence-corrected chi connectivity index (χ4v) is 4.82. The molecule has 34 heavy (non-hydrogen) atoms. The predicted molar refractivity (Wildman–Crippen MR) is 137 cm³/mol. The van der Waals surface area contributed by atoms with Crippen molar-refractivity contribution >= 4 is 11.6 Å². The van der Waals surface area contributed by atoms with Crippen molar-refractivity contribution in [2.45, 2.75) is 32.2 Å². The second-order valence-corrected chi connectivity index (χ2v) is 9.02. The van der Waals surface area contributed by atoms with E-state index in [0.717, 1.165) is 60.7 Å². The fraction of sp³-hybridized carbons (Fsp3) is 0.276. The van der Waals surface area contributed by atoms with E-state index in [9.17, 15) is 4.79 Å². The van der Waals surface area contributed by atoms with Gasteiger partial charge in [0.25, 0.3) is 0 Å². The first-order chi connectivity index (χ1) is 16.8. The van der Waals surface area contributed by atoms with Gasteiger partial charge < -0.3 is 4.90 Å². The van der Waals surface area contributed by atoms with Gasteiger partial charge in [0.15, 0.2) is 5.78 Å². The van der Waals surface area contributed by atoms with Gasteiger partial charge >= 0.3 is 0 Å². The number of rotatable bonds is 7. The second-order valence-electron chi connectivity index (χ2n) is 9.02. The number of ketones is 1. The molecule has 1 aliphatic heterocycles. The number of hydrogen-bond acceptors (Lipinski definition) is 4. The Kier molecular flexibility index (Phi) is 6.80. The van der Waals surface area contributed by atoms with E-state index in [0.29, 0.717) is 18.9 Å². The van der Waals surface area contributed by atoms with Gasteiger partial charge in [-0.3, -0.25) is 9.48 Å². The summed E-state index contributed by atoms with van der Waals surface area (Å²) in [7, 11) is 0. The molecule has 0 radical (unpaired) electrons. The molecule has 5 rings (SSSR count). The number of Topliss-reactive ketones (excluding diaryl/α,β-unsaturated/α-hetero) is 1. The standard InChI is InChI=1S/C29H30N4O/c34-26(20-23-10-9-18-32(19-16-23)29-15-7-8-17-30-29)22-33-28(25-13-5-2-6-14-25)21-27(31-33)24-11-3-1-4-12-24/h1-8,11-15,17,21,23H,9-10,16,18-20,22H2. The number of aromatic nitrogens is 3. The zero-order valence-corrected chi connectivity index (χ0v) is 19.4. The summed E-state index contributed by atoms with van der Waals surface area (Å²) in [5.41, 5.74) is 4.01. The average molecular weight is 451 g/mol. The van der Waals surface area contributed by atoms with E-state index in [4.69, 9.17) is 5.10 Å². The summed E-state index contributed by atoms with van der Waals surface area (Å²) in [4.78, 5) is 20.0. The van der Waals surface area contributed by atoms with Crippen LogP contribution in [0.5, 0.6) is 0 Å². The average Bonchev–Trinajstić information content (AvgIpc) is 3.16. The zero-order chi connectivity index (χ0) is 23.2.